The van der Waals surface area contributed by atoms with Gasteiger partial charge >= 0.3 is 0 Å². The van der Waals surface area contributed by atoms with Crippen molar-refractivity contribution in [2.75, 3.05) is 13.6 Å². The first-order valence-electron chi connectivity index (χ1n) is 7.03. The third kappa shape index (κ3) is 3.71. The molecule has 0 aromatic carbocycles. The molecule has 0 amide bonds. The molecule has 0 bridgehead atoms. The molecule has 2 aromatic rings. The third-order valence-corrected chi connectivity index (χ3v) is 3.37. The van der Waals surface area contributed by atoms with E-state index < -0.39 is 0 Å². The second kappa shape index (κ2) is 6.72. The maximum atomic E-state index is 5.91. The number of imidazole rings is 1. The number of aromatic nitrogens is 2. The lowest BCUT2D eigenvalue weighted by Gasteiger charge is -2.14. The van der Waals surface area contributed by atoms with Crippen LogP contribution >= 0.6 is 0 Å². The highest BCUT2D eigenvalue weighted by molar-refractivity contribution is 5.20. The second-order valence-electron chi connectivity index (χ2n) is 5.23. The predicted octanol–water partition coefficient (Wildman–Crippen LogP) is 2.06. The van der Waals surface area contributed by atoms with Crippen LogP contribution in [0.15, 0.2) is 22.9 Å². The molecule has 0 spiro atoms. The van der Waals surface area contributed by atoms with Crippen LogP contribution in [-0.4, -0.2) is 28.0 Å². The van der Waals surface area contributed by atoms with Gasteiger partial charge in [0.2, 0.25) is 0 Å². The van der Waals surface area contributed by atoms with Gasteiger partial charge in [-0.25, -0.2) is 4.98 Å². The van der Waals surface area contributed by atoms with Crippen LogP contribution in [0.2, 0.25) is 0 Å². The fraction of sp³-hybridized carbons (Fsp3) is 0.533. The fourth-order valence-corrected chi connectivity index (χ4v) is 2.19. The van der Waals surface area contributed by atoms with E-state index in [2.05, 4.69) is 42.2 Å². The van der Waals surface area contributed by atoms with Crippen LogP contribution < -0.4 is 5.32 Å². The maximum absolute atomic E-state index is 5.91. The van der Waals surface area contributed by atoms with Crippen molar-refractivity contribution >= 4 is 0 Å². The number of furan rings is 1. The first-order chi connectivity index (χ1) is 9.60. The number of nitrogens with one attached hydrogen (secondary N) is 1. The van der Waals surface area contributed by atoms with Crippen LogP contribution in [0.25, 0.3) is 0 Å². The number of hydrogen-bond donors (Lipinski definition) is 1. The monoisotopic (exact) mass is 276 g/mol. The highest BCUT2D eigenvalue weighted by Gasteiger charge is 2.11. The molecule has 0 aliphatic rings. The minimum absolute atomic E-state index is 0.791. The quantitative estimate of drug-likeness (QED) is 0.841. The van der Waals surface area contributed by atoms with Crippen molar-refractivity contribution in [3.8, 4) is 0 Å². The summed E-state index contributed by atoms with van der Waals surface area (Å²) in [7, 11) is 4.10. The van der Waals surface area contributed by atoms with Crippen molar-refractivity contribution in [3.05, 3.63) is 41.4 Å². The zero-order valence-corrected chi connectivity index (χ0v) is 12.8. The lowest BCUT2D eigenvalue weighted by atomic mass is 10.2. The average molecular weight is 276 g/mol. The molecule has 0 atom stereocenters. The summed E-state index contributed by atoms with van der Waals surface area (Å²) in [6.07, 6.45) is 3.80. The SMILES string of the molecule is CCNCc1oc(CN(C)Cc2nccn2C)cc1C. The summed E-state index contributed by atoms with van der Waals surface area (Å²) in [5.74, 6) is 3.10. The van der Waals surface area contributed by atoms with E-state index in [9.17, 15) is 0 Å². The van der Waals surface area contributed by atoms with Crippen molar-refractivity contribution in [1.29, 1.82) is 0 Å². The van der Waals surface area contributed by atoms with Gasteiger partial charge < -0.3 is 14.3 Å². The van der Waals surface area contributed by atoms with E-state index in [1.54, 1.807) is 0 Å². The number of rotatable bonds is 7. The van der Waals surface area contributed by atoms with Crippen molar-refractivity contribution in [2.24, 2.45) is 7.05 Å². The van der Waals surface area contributed by atoms with Crippen LogP contribution in [0.4, 0.5) is 0 Å². The highest BCUT2D eigenvalue weighted by Crippen LogP contribution is 2.16. The number of aryl methyl sites for hydroxylation is 2. The Balaban J connectivity index is 1.94. The van der Waals surface area contributed by atoms with Crippen molar-refractivity contribution in [1.82, 2.24) is 19.8 Å². The Hall–Kier alpha value is -1.59. The Kier molecular flexibility index (Phi) is 4.98. The molecule has 0 saturated heterocycles. The summed E-state index contributed by atoms with van der Waals surface area (Å²) in [5.41, 5.74) is 1.21. The van der Waals surface area contributed by atoms with E-state index in [-0.39, 0.29) is 0 Å². The fourth-order valence-electron chi connectivity index (χ4n) is 2.19. The Morgan fingerprint density at radius 2 is 2.20 bits per heavy atom. The lowest BCUT2D eigenvalue weighted by molar-refractivity contribution is 0.274. The van der Waals surface area contributed by atoms with Crippen molar-refractivity contribution in [2.45, 2.75) is 33.5 Å². The molecule has 110 valence electrons. The van der Waals surface area contributed by atoms with E-state index in [0.717, 1.165) is 43.5 Å². The van der Waals surface area contributed by atoms with E-state index in [4.69, 9.17) is 4.42 Å². The molecule has 1 N–H and O–H groups in total. The normalized spacial score (nSPS) is 11.4. The van der Waals surface area contributed by atoms with E-state index in [1.165, 1.54) is 5.56 Å². The maximum Gasteiger partial charge on any atom is 0.122 e. The molecule has 5 nitrogen and oxygen atoms in total. The average Bonchev–Trinajstić information content (AvgIpc) is 2.94. The molecule has 0 aliphatic heterocycles. The Labute approximate surface area is 120 Å². The predicted molar refractivity (Wildman–Crippen MR) is 79.2 cm³/mol. The van der Waals surface area contributed by atoms with Crippen molar-refractivity contribution < 1.29 is 4.42 Å². The second-order valence-corrected chi connectivity index (χ2v) is 5.23. The molecule has 2 aromatic heterocycles. The summed E-state index contributed by atoms with van der Waals surface area (Å²) in [4.78, 5) is 6.55. The molecule has 20 heavy (non-hydrogen) atoms. The van der Waals surface area contributed by atoms with E-state index in [1.807, 2.05) is 24.0 Å². The number of nitrogens with zero attached hydrogens (tertiary/aromatic N) is 3. The summed E-state index contributed by atoms with van der Waals surface area (Å²) in [6.45, 7) is 7.55. The topological polar surface area (TPSA) is 46.2 Å². The minimum Gasteiger partial charge on any atom is -0.463 e. The minimum atomic E-state index is 0.791. The van der Waals surface area contributed by atoms with Gasteiger partial charge in [0, 0.05) is 19.4 Å². The largest absolute Gasteiger partial charge is 0.463 e. The highest BCUT2D eigenvalue weighted by atomic mass is 16.3. The van der Waals surface area contributed by atoms with E-state index in [0.29, 0.717) is 0 Å². The lowest BCUT2D eigenvalue weighted by Crippen LogP contribution is -2.19. The zero-order chi connectivity index (χ0) is 14.5. The molecule has 0 aliphatic carbocycles. The van der Waals surface area contributed by atoms with Gasteiger partial charge in [0.05, 0.1) is 19.6 Å². The molecular formula is C15H24N4O. The summed E-state index contributed by atoms with van der Waals surface area (Å²) >= 11 is 0. The van der Waals surface area contributed by atoms with Gasteiger partial charge in [0.1, 0.15) is 17.3 Å². The van der Waals surface area contributed by atoms with E-state index >= 15 is 0 Å². The molecule has 0 unspecified atom stereocenters. The van der Waals surface area contributed by atoms with Gasteiger partial charge in [-0.3, -0.25) is 4.90 Å². The molecule has 0 fully saturated rings. The zero-order valence-electron chi connectivity index (χ0n) is 12.8. The number of hydrogen-bond acceptors (Lipinski definition) is 4. The Morgan fingerprint density at radius 3 is 2.85 bits per heavy atom. The van der Waals surface area contributed by atoms with Crippen LogP contribution in [0.5, 0.6) is 0 Å². The standard InChI is InChI=1S/C15H24N4O/c1-5-16-9-14-12(2)8-13(20-14)10-18(3)11-15-17-6-7-19(15)4/h6-8,16H,5,9-11H2,1-4H3. The Morgan fingerprint density at radius 1 is 1.40 bits per heavy atom. The van der Waals surface area contributed by atoms with Gasteiger partial charge in [-0.05, 0) is 32.1 Å². The van der Waals surface area contributed by atoms with Gasteiger partial charge in [-0.15, -0.1) is 0 Å². The Bertz CT molecular complexity index is 544. The smallest absolute Gasteiger partial charge is 0.122 e. The molecule has 0 radical (unpaired) electrons. The van der Waals surface area contributed by atoms with Gasteiger partial charge in [-0.2, -0.15) is 0 Å². The summed E-state index contributed by atoms with van der Waals surface area (Å²) < 4.78 is 7.95. The van der Waals surface area contributed by atoms with Crippen LogP contribution in [0, 0.1) is 6.92 Å². The summed E-state index contributed by atoms with van der Waals surface area (Å²) in [6, 6.07) is 2.13. The van der Waals surface area contributed by atoms with Gasteiger partial charge in [-0.1, -0.05) is 6.92 Å². The van der Waals surface area contributed by atoms with Gasteiger partial charge in [0.15, 0.2) is 0 Å². The van der Waals surface area contributed by atoms with Gasteiger partial charge in [0.25, 0.3) is 0 Å². The molecule has 5 heteroatoms. The van der Waals surface area contributed by atoms with Crippen molar-refractivity contribution in [3.63, 3.8) is 0 Å². The first kappa shape index (κ1) is 14.8. The summed E-state index contributed by atoms with van der Waals surface area (Å²) in [5, 5.41) is 3.30. The molecule has 2 rings (SSSR count). The molecule has 0 saturated carbocycles. The van der Waals surface area contributed by atoms with Crippen LogP contribution in [0.1, 0.15) is 29.8 Å². The van der Waals surface area contributed by atoms with Crippen LogP contribution in [0.3, 0.4) is 0 Å². The third-order valence-electron chi connectivity index (χ3n) is 3.37. The van der Waals surface area contributed by atoms with Crippen LogP contribution in [-0.2, 0) is 26.7 Å². The molecular weight excluding hydrogens is 252 g/mol. The molecule has 2 heterocycles. The first-order valence-corrected chi connectivity index (χ1v) is 7.03.